The number of benzene rings is 1. The van der Waals surface area contributed by atoms with Gasteiger partial charge in [0.2, 0.25) is 0 Å². The zero-order chi connectivity index (χ0) is 11.8. The summed E-state index contributed by atoms with van der Waals surface area (Å²) in [6, 6.07) is 5.33. The Bertz CT molecular complexity index is 321. The van der Waals surface area contributed by atoms with Gasteiger partial charge >= 0.3 is 0 Å². The molecule has 0 bridgehead atoms. The molecule has 84 valence electrons. The molecule has 1 aromatic rings. The van der Waals surface area contributed by atoms with Crippen LogP contribution < -0.4 is 10.1 Å². The molecule has 0 atom stereocenters. The first-order valence-corrected chi connectivity index (χ1v) is 5.05. The van der Waals surface area contributed by atoms with Crippen LogP contribution in [0.3, 0.4) is 0 Å². The molecule has 3 nitrogen and oxygen atoms in total. The third kappa shape index (κ3) is 3.62. The van der Waals surface area contributed by atoms with E-state index in [0.717, 1.165) is 5.69 Å². The van der Waals surface area contributed by atoms with Gasteiger partial charge in [0.05, 0.1) is 12.8 Å². The van der Waals surface area contributed by atoms with Crippen molar-refractivity contribution in [2.75, 3.05) is 19.5 Å². The summed E-state index contributed by atoms with van der Waals surface area (Å²) >= 11 is 0. The summed E-state index contributed by atoms with van der Waals surface area (Å²) in [7, 11) is 3.39. The minimum atomic E-state index is 0.0425. The van der Waals surface area contributed by atoms with Gasteiger partial charge in [-0.3, -0.25) is 4.79 Å². The number of ketones is 1. The van der Waals surface area contributed by atoms with E-state index in [1.807, 2.05) is 27.0 Å². The largest absolute Gasteiger partial charge is 0.495 e. The van der Waals surface area contributed by atoms with Gasteiger partial charge in [-0.1, -0.05) is 13.8 Å². The van der Waals surface area contributed by atoms with E-state index in [0.29, 0.717) is 11.3 Å². The molecule has 0 spiro atoms. The molecule has 0 amide bonds. The van der Waals surface area contributed by atoms with Crippen LogP contribution in [0.25, 0.3) is 0 Å². The van der Waals surface area contributed by atoms with Crippen molar-refractivity contribution in [1.29, 1.82) is 0 Å². The Morgan fingerprint density at radius 2 is 1.93 bits per heavy atom. The number of methoxy groups -OCH3 is 1. The van der Waals surface area contributed by atoms with Crippen molar-refractivity contribution in [2.45, 2.75) is 20.8 Å². The molecular weight excluding hydrogens is 190 g/mol. The molecule has 0 saturated carbocycles. The molecule has 0 aromatic heterocycles. The maximum atomic E-state index is 11.0. The minimum absolute atomic E-state index is 0.0425. The highest BCUT2D eigenvalue weighted by Crippen LogP contribution is 2.24. The second-order valence-corrected chi connectivity index (χ2v) is 2.72. The second kappa shape index (κ2) is 6.87. The van der Waals surface area contributed by atoms with Gasteiger partial charge in [0.25, 0.3) is 0 Å². The summed E-state index contributed by atoms with van der Waals surface area (Å²) in [5.41, 5.74) is 1.54. The Kier molecular flexibility index (Phi) is 6.18. The molecule has 1 N–H and O–H groups in total. The molecule has 0 unspecified atom stereocenters. The van der Waals surface area contributed by atoms with Crippen molar-refractivity contribution in [3.05, 3.63) is 23.8 Å². The summed E-state index contributed by atoms with van der Waals surface area (Å²) in [5, 5.41) is 2.98. The molecule has 0 radical (unpaired) electrons. The summed E-state index contributed by atoms with van der Waals surface area (Å²) in [5.74, 6) is 0.733. The molecule has 0 fully saturated rings. The standard InChI is InChI=1S/C10H13NO2.C2H6/c1-7(12)8-4-5-9(11-2)10(6-8)13-3;1-2/h4-6,11H,1-3H3;1-2H3. The van der Waals surface area contributed by atoms with E-state index in [2.05, 4.69) is 5.32 Å². The minimum Gasteiger partial charge on any atom is -0.495 e. The number of rotatable bonds is 3. The van der Waals surface area contributed by atoms with Crippen LogP contribution in [-0.4, -0.2) is 19.9 Å². The van der Waals surface area contributed by atoms with Gasteiger partial charge in [0.15, 0.2) is 5.78 Å². The lowest BCUT2D eigenvalue weighted by atomic mass is 10.1. The van der Waals surface area contributed by atoms with Gasteiger partial charge in [-0.25, -0.2) is 0 Å². The fraction of sp³-hybridized carbons (Fsp3) is 0.417. The number of nitrogens with one attached hydrogen (secondary N) is 1. The highest BCUT2D eigenvalue weighted by atomic mass is 16.5. The first-order valence-electron chi connectivity index (χ1n) is 5.05. The first-order chi connectivity index (χ1) is 7.19. The molecule has 0 heterocycles. The third-order valence-corrected chi connectivity index (χ3v) is 1.88. The van der Waals surface area contributed by atoms with Crippen LogP contribution in [0.5, 0.6) is 5.75 Å². The van der Waals surface area contributed by atoms with Crippen LogP contribution in [0.1, 0.15) is 31.1 Å². The molecule has 15 heavy (non-hydrogen) atoms. The molecule has 3 heteroatoms. The van der Waals surface area contributed by atoms with Crippen LogP contribution in [-0.2, 0) is 0 Å². The van der Waals surface area contributed by atoms with Gasteiger partial charge in [-0.15, -0.1) is 0 Å². The third-order valence-electron chi connectivity index (χ3n) is 1.88. The summed E-state index contributed by atoms with van der Waals surface area (Å²) in [6.07, 6.45) is 0. The molecule has 0 aliphatic heterocycles. The van der Waals surface area contributed by atoms with E-state index >= 15 is 0 Å². The van der Waals surface area contributed by atoms with Crippen LogP contribution in [0.15, 0.2) is 18.2 Å². The van der Waals surface area contributed by atoms with Crippen LogP contribution in [0.2, 0.25) is 0 Å². The number of carbonyl (C=O) groups excluding carboxylic acids is 1. The Morgan fingerprint density at radius 1 is 1.33 bits per heavy atom. The van der Waals surface area contributed by atoms with Crippen molar-refractivity contribution in [2.24, 2.45) is 0 Å². The van der Waals surface area contributed by atoms with E-state index in [9.17, 15) is 4.79 Å². The molecular formula is C12H19NO2. The lowest BCUT2D eigenvalue weighted by molar-refractivity contribution is 0.101. The van der Waals surface area contributed by atoms with E-state index in [1.165, 1.54) is 6.92 Å². The maximum absolute atomic E-state index is 11.0. The quantitative estimate of drug-likeness (QED) is 0.778. The number of hydrogen-bond donors (Lipinski definition) is 1. The summed E-state index contributed by atoms with van der Waals surface area (Å²) in [6.45, 7) is 5.54. The van der Waals surface area contributed by atoms with Crippen molar-refractivity contribution in [3.8, 4) is 5.75 Å². The normalized spacial score (nSPS) is 8.60. The summed E-state index contributed by atoms with van der Waals surface area (Å²) < 4.78 is 5.11. The zero-order valence-electron chi connectivity index (χ0n) is 10.0. The molecule has 0 aliphatic carbocycles. The smallest absolute Gasteiger partial charge is 0.159 e. The molecule has 1 aromatic carbocycles. The first kappa shape index (κ1) is 13.5. The van der Waals surface area contributed by atoms with Crippen LogP contribution in [0.4, 0.5) is 5.69 Å². The Morgan fingerprint density at radius 3 is 2.33 bits per heavy atom. The molecule has 0 saturated heterocycles. The van der Waals surface area contributed by atoms with Crippen molar-refractivity contribution in [1.82, 2.24) is 0 Å². The van der Waals surface area contributed by atoms with Gasteiger partial charge in [-0.2, -0.15) is 0 Å². The van der Waals surface area contributed by atoms with Gasteiger partial charge in [0, 0.05) is 12.6 Å². The number of carbonyl (C=O) groups is 1. The number of ether oxygens (including phenoxy) is 1. The molecule has 0 aliphatic rings. The van der Waals surface area contributed by atoms with Crippen LogP contribution >= 0.6 is 0 Å². The fourth-order valence-electron chi connectivity index (χ4n) is 1.12. The lowest BCUT2D eigenvalue weighted by Gasteiger charge is -2.08. The monoisotopic (exact) mass is 209 g/mol. The average molecular weight is 209 g/mol. The van der Waals surface area contributed by atoms with Crippen molar-refractivity contribution < 1.29 is 9.53 Å². The number of Topliss-reactive ketones (excluding diaryl/α,β-unsaturated/α-hetero) is 1. The number of anilines is 1. The van der Waals surface area contributed by atoms with E-state index < -0.39 is 0 Å². The van der Waals surface area contributed by atoms with Crippen molar-refractivity contribution in [3.63, 3.8) is 0 Å². The van der Waals surface area contributed by atoms with Crippen LogP contribution in [0, 0.1) is 0 Å². The lowest BCUT2D eigenvalue weighted by Crippen LogP contribution is -1.97. The maximum Gasteiger partial charge on any atom is 0.159 e. The van der Waals surface area contributed by atoms with E-state index in [-0.39, 0.29) is 5.78 Å². The average Bonchev–Trinajstić information content (AvgIpc) is 2.30. The number of hydrogen-bond acceptors (Lipinski definition) is 3. The van der Waals surface area contributed by atoms with Gasteiger partial charge in [-0.05, 0) is 25.1 Å². The zero-order valence-corrected chi connectivity index (χ0v) is 10.0. The topological polar surface area (TPSA) is 38.3 Å². The predicted molar refractivity (Wildman–Crippen MR) is 63.9 cm³/mol. The second-order valence-electron chi connectivity index (χ2n) is 2.72. The fourth-order valence-corrected chi connectivity index (χ4v) is 1.12. The van der Waals surface area contributed by atoms with E-state index in [4.69, 9.17) is 4.74 Å². The van der Waals surface area contributed by atoms with E-state index in [1.54, 1.807) is 19.2 Å². The highest BCUT2D eigenvalue weighted by Gasteiger charge is 2.04. The summed E-state index contributed by atoms with van der Waals surface area (Å²) in [4.78, 5) is 11.0. The predicted octanol–water partition coefficient (Wildman–Crippen LogP) is 2.97. The Balaban J connectivity index is 0.000000921. The van der Waals surface area contributed by atoms with Gasteiger partial charge in [0.1, 0.15) is 5.75 Å². The SMILES string of the molecule is CC.CNc1ccc(C(C)=O)cc1OC. The Labute approximate surface area is 91.5 Å². The Hall–Kier alpha value is -1.51. The van der Waals surface area contributed by atoms with Gasteiger partial charge < -0.3 is 10.1 Å². The molecule has 1 rings (SSSR count). The van der Waals surface area contributed by atoms with Crippen molar-refractivity contribution >= 4 is 11.5 Å². The highest BCUT2D eigenvalue weighted by molar-refractivity contribution is 5.95.